The van der Waals surface area contributed by atoms with Gasteiger partial charge in [0.1, 0.15) is 6.54 Å². The Bertz CT molecular complexity index is 354. The maximum Gasteiger partial charge on any atom is 0.364 e. The van der Waals surface area contributed by atoms with Gasteiger partial charge in [0.15, 0.2) is 5.76 Å². The Balaban J connectivity index is 2.45. The smallest absolute Gasteiger partial charge is 0.364 e. The fraction of sp³-hybridized carbons (Fsp3) is 0.167. The highest BCUT2D eigenvalue weighted by Crippen LogP contribution is 2.13. The number of imidazole rings is 1. The average molecular weight is 168 g/mol. The van der Waals surface area contributed by atoms with Crippen molar-refractivity contribution in [2.45, 2.75) is 6.54 Å². The summed E-state index contributed by atoms with van der Waals surface area (Å²) in [7, 11) is 0. The third kappa shape index (κ3) is 0.777. The SMILES string of the molecule is NC1=C(O)Cn2cc[n+]([O-])c2N1. The third-order valence-electron chi connectivity index (χ3n) is 1.74. The highest BCUT2D eigenvalue weighted by molar-refractivity contribution is 5.35. The van der Waals surface area contributed by atoms with Gasteiger partial charge < -0.3 is 16.0 Å². The van der Waals surface area contributed by atoms with Gasteiger partial charge in [-0.05, 0) is 0 Å². The van der Waals surface area contributed by atoms with Crippen LogP contribution in [0.2, 0.25) is 0 Å². The van der Waals surface area contributed by atoms with Gasteiger partial charge in [-0.25, -0.2) is 14.6 Å². The molecule has 64 valence electrons. The molecule has 2 heterocycles. The van der Waals surface area contributed by atoms with Gasteiger partial charge in [-0.3, -0.25) is 0 Å². The lowest BCUT2D eigenvalue weighted by atomic mass is 10.4. The second kappa shape index (κ2) is 2.07. The first-order chi connectivity index (χ1) is 5.68. The van der Waals surface area contributed by atoms with Gasteiger partial charge in [0.05, 0.1) is 12.4 Å². The Labute approximate surface area is 68.1 Å². The molecule has 0 saturated heterocycles. The molecular formula is C6H8N4O2. The number of nitrogens with one attached hydrogen (secondary N) is 1. The topological polar surface area (TPSA) is 90.2 Å². The molecule has 0 saturated carbocycles. The second-order valence-electron chi connectivity index (χ2n) is 2.56. The molecule has 0 aliphatic carbocycles. The van der Waals surface area contributed by atoms with Gasteiger partial charge in [-0.1, -0.05) is 0 Å². The van der Waals surface area contributed by atoms with E-state index in [1.807, 2.05) is 0 Å². The van der Waals surface area contributed by atoms with Crippen molar-refractivity contribution in [2.24, 2.45) is 5.73 Å². The van der Waals surface area contributed by atoms with Crippen molar-refractivity contribution in [1.29, 1.82) is 0 Å². The van der Waals surface area contributed by atoms with Gasteiger partial charge >= 0.3 is 5.95 Å². The van der Waals surface area contributed by atoms with Crippen molar-refractivity contribution < 1.29 is 9.84 Å². The van der Waals surface area contributed by atoms with Crippen LogP contribution in [-0.4, -0.2) is 9.67 Å². The van der Waals surface area contributed by atoms with Crippen LogP contribution < -0.4 is 15.8 Å². The number of hydrogen-bond donors (Lipinski definition) is 3. The summed E-state index contributed by atoms with van der Waals surface area (Å²) in [6.07, 6.45) is 2.91. The fourth-order valence-electron chi connectivity index (χ4n) is 1.10. The van der Waals surface area contributed by atoms with Crippen LogP contribution in [0.5, 0.6) is 0 Å². The predicted octanol–water partition coefficient (Wildman–Crippen LogP) is -0.767. The minimum atomic E-state index is 0.0405. The van der Waals surface area contributed by atoms with Crippen LogP contribution >= 0.6 is 0 Å². The summed E-state index contributed by atoms with van der Waals surface area (Å²) in [5.41, 5.74) is 5.37. The van der Waals surface area contributed by atoms with Gasteiger partial charge in [0.25, 0.3) is 0 Å². The van der Waals surface area contributed by atoms with Crippen LogP contribution in [0.1, 0.15) is 0 Å². The van der Waals surface area contributed by atoms with E-state index in [9.17, 15) is 10.3 Å². The van der Waals surface area contributed by atoms with Crippen molar-refractivity contribution in [3.63, 3.8) is 0 Å². The first-order valence-electron chi connectivity index (χ1n) is 3.41. The van der Waals surface area contributed by atoms with Crippen molar-refractivity contribution in [1.82, 2.24) is 4.57 Å². The average Bonchev–Trinajstić information content (AvgIpc) is 2.35. The number of rotatable bonds is 0. The number of nitrogens with zero attached hydrogens (tertiary/aromatic N) is 2. The predicted molar refractivity (Wildman–Crippen MR) is 40.9 cm³/mol. The molecule has 1 aliphatic heterocycles. The number of aliphatic hydroxyl groups is 1. The Morgan fingerprint density at radius 1 is 1.75 bits per heavy atom. The first-order valence-corrected chi connectivity index (χ1v) is 3.41. The monoisotopic (exact) mass is 168 g/mol. The number of allylic oxidation sites excluding steroid dienone is 1. The molecule has 0 bridgehead atoms. The molecule has 6 nitrogen and oxygen atoms in total. The van der Waals surface area contributed by atoms with E-state index in [2.05, 4.69) is 5.32 Å². The zero-order valence-corrected chi connectivity index (χ0v) is 6.19. The Morgan fingerprint density at radius 3 is 3.25 bits per heavy atom. The first kappa shape index (κ1) is 6.84. The molecule has 12 heavy (non-hydrogen) atoms. The lowest BCUT2D eigenvalue weighted by Gasteiger charge is -2.13. The Hall–Kier alpha value is -1.85. The Morgan fingerprint density at radius 2 is 2.50 bits per heavy atom. The van der Waals surface area contributed by atoms with Crippen molar-refractivity contribution in [2.75, 3.05) is 5.32 Å². The maximum absolute atomic E-state index is 11.0. The van der Waals surface area contributed by atoms with Gasteiger partial charge in [0.2, 0.25) is 5.82 Å². The highest BCUT2D eigenvalue weighted by atomic mass is 16.5. The molecule has 1 aromatic rings. The standard InChI is InChI=1S/C6H8N4O2/c7-5-4(11)3-9-1-2-10(12)6(9)8-5/h1-2,8,11H,3,7H2. The van der Waals surface area contributed by atoms with Gasteiger partial charge in [-0.15, -0.1) is 0 Å². The summed E-state index contributed by atoms with van der Waals surface area (Å²) >= 11 is 0. The van der Waals surface area contributed by atoms with E-state index in [0.717, 1.165) is 0 Å². The summed E-state index contributed by atoms with van der Waals surface area (Å²) in [6, 6.07) is 0. The number of hydrogen-bond acceptors (Lipinski definition) is 4. The van der Waals surface area contributed by atoms with Gasteiger partial charge in [-0.2, -0.15) is 0 Å². The minimum absolute atomic E-state index is 0.0405. The van der Waals surface area contributed by atoms with Crippen molar-refractivity contribution >= 4 is 5.95 Å². The van der Waals surface area contributed by atoms with Gasteiger partial charge in [0, 0.05) is 0 Å². The van der Waals surface area contributed by atoms with E-state index < -0.39 is 0 Å². The number of aliphatic hydroxyl groups excluding tert-OH is 1. The highest BCUT2D eigenvalue weighted by Gasteiger charge is 2.22. The molecule has 0 spiro atoms. The Kier molecular flexibility index (Phi) is 1.18. The molecule has 1 aromatic heterocycles. The van der Waals surface area contributed by atoms with E-state index in [0.29, 0.717) is 10.7 Å². The molecule has 2 rings (SSSR count). The fourth-order valence-corrected chi connectivity index (χ4v) is 1.10. The maximum atomic E-state index is 11.0. The lowest BCUT2D eigenvalue weighted by Crippen LogP contribution is -2.34. The molecule has 0 aromatic carbocycles. The van der Waals surface area contributed by atoms with Crippen LogP contribution in [0.4, 0.5) is 5.95 Å². The van der Waals surface area contributed by atoms with Crippen LogP contribution in [0.3, 0.4) is 0 Å². The van der Waals surface area contributed by atoms with Crippen molar-refractivity contribution in [3.8, 4) is 0 Å². The number of fused-ring (bicyclic) bond motifs is 1. The molecule has 0 radical (unpaired) electrons. The normalized spacial score (nSPS) is 15.7. The largest absolute Gasteiger partial charge is 0.740 e. The van der Waals surface area contributed by atoms with Crippen LogP contribution in [0, 0.1) is 5.21 Å². The summed E-state index contributed by atoms with van der Waals surface area (Å²) in [6.45, 7) is 0.239. The van der Waals surface area contributed by atoms with E-state index in [1.54, 1.807) is 10.8 Å². The zero-order valence-electron chi connectivity index (χ0n) is 6.19. The second-order valence-corrected chi connectivity index (χ2v) is 2.56. The summed E-state index contributed by atoms with van der Waals surface area (Å²) in [5, 5.41) is 22.8. The zero-order chi connectivity index (χ0) is 8.72. The third-order valence-corrected chi connectivity index (χ3v) is 1.74. The molecule has 4 N–H and O–H groups in total. The summed E-state index contributed by atoms with van der Waals surface area (Å²) in [4.78, 5) is 0. The van der Waals surface area contributed by atoms with Crippen LogP contribution in [0.25, 0.3) is 0 Å². The number of aromatic nitrogens is 2. The molecule has 1 aliphatic rings. The molecule has 0 fully saturated rings. The molecule has 0 unspecified atom stereocenters. The van der Waals surface area contributed by atoms with Crippen LogP contribution in [0.15, 0.2) is 24.0 Å². The van der Waals surface area contributed by atoms with Crippen LogP contribution in [-0.2, 0) is 6.54 Å². The van der Waals surface area contributed by atoms with E-state index in [1.165, 1.54) is 6.20 Å². The van der Waals surface area contributed by atoms with Crippen molar-refractivity contribution in [3.05, 3.63) is 29.2 Å². The number of anilines is 1. The molecule has 0 amide bonds. The van der Waals surface area contributed by atoms with E-state index in [-0.39, 0.29) is 18.1 Å². The molecular weight excluding hydrogens is 160 g/mol. The molecule has 6 heteroatoms. The number of nitrogens with two attached hydrogens (primary N) is 1. The summed E-state index contributed by atoms with van der Waals surface area (Å²) in [5.74, 6) is 0.495. The molecule has 0 atom stereocenters. The summed E-state index contributed by atoms with van der Waals surface area (Å²) < 4.78 is 2.22. The van der Waals surface area contributed by atoms with E-state index >= 15 is 0 Å². The van der Waals surface area contributed by atoms with E-state index in [4.69, 9.17) is 5.73 Å². The minimum Gasteiger partial charge on any atom is -0.740 e. The quantitative estimate of drug-likeness (QED) is 0.350. The lowest BCUT2D eigenvalue weighted by molar-refractivity contribution is -0.589.